The Balaban J connectivity index is 1.79. The van der Waals surface area contributed by atoms with Gasteiger partial charge >= 0.3 is 0 Å². The number of carbonyl (C=O) groups excluding carboxylic acids is 3. The Labute approximate surface area is 149 Å². The van der Waals surface area contributed by atoms with Gasteiger partial charge in [0.15, 0.2) is 0 Å². The van der Waals surface area contributed by atoms with Crippen LogP contribution in [-0.2, 0) is 16.6 Å². The molecule has 0 aliphatic carbocycles. The van der Waals surface area contributed by atoms with Gasteiger partial charge in [-0.1, -0.05) is 12.1 Å². The summed E-state index contributed by atoms with van der Waals surface area (Å²) in [5.74, 6) is -2.36. The first-order valence-corrected chi connectivity index (χ1v) is 7.89. The minimum absolute atomic E-state index is 0.152. The van der Waals surface area contributed by atoms with Crippen LogP contribution in [0.5, 0.6) is 0 Å². The molecule has 0 saturated carbocycles. The highest BCUT2D eigenvalue weighted by molar-refractivity contribution is 5.98. The summed E-state index contributed by atoms with van der Waals surface area (Å²) in [6, 6.07) is 5.45. The lowest BCUT2D eigenvalue weighted by molar-refractivity contribution is -0.123. The van der Waals surface area contributed by atoms with Crippen LogP contribution in [-0.4, -0.2) is 40.6 Å². The summed E-state index contributed by atoms with van der Waals surface area (Å²) in [5.41, 5.74) is 1.90. The summed E-state index contributed by atoms with van der Waals surface area (Å²) in [4.78, 5) is 35.5. The zero-order chi connectivity index (χ0) is 19.3. The first-order valence-electron chi connectivity index (χ1n) is 7.89. The quantitative estimate of drug-likeness (QED) is 0.703. The number of aryl methyl sites for hydroxylation is 2. The van der Waals surface area contributed by atoms with Gasteiger partial charge in [-0.15, -0.1) is 0 Å². The molecule has 26 heavy (non-hydrogen) atoms. The van der Waals surface area contributed by atoms with Crippen molar-refractivity contribution in [2.45, 2.75) is 13.8 Å². The Kier molecular flexibility index (Phi) is 6.05. The van der Waals surface area contributed by atoms with Crippen molar-refractivity contribution in [2.24, 2.45) is 7.05 Å². The van der Waals surface area contributed by atoms with Crippen LogP contribution in [0.2, 0.25) is 0 Å². The van der Waals surface area contributed by atoms with Gasteiger partial charge in [-0.3, -0.25) is 19.1 Å². The van der Waals surface area contributed by atoms with E-state index < -0.39 is 23.5 Å². The van der Waals surface area contributed by atoms with Crippen molar-refractivity contribution in [1.29, 1.82) is 0 Å². The molecule has 0 spiro atoms. The van der Waals surface area contributed by atoms with Crippen molar-refractivity contribution >= 4 is 23.4 Å². The molecule has 0 atom stereocenters. The molecule has 1 aromatic carbocycles. The lowest BCUT2D eigenvalue weighted by Crippen LogP contribution is -2.40. The van der Waals surface area contributed by atoms with E-state index in [0.717, 1.165) is 11.8 Å². The number of nitrogens with one attached hydrogen (secondary N) is 3. The maximum absolute atomic E-state index is 13.5. The van der Waals surface area contributed by atoms with Crippen LogP contribution in [0.4, 0.5) is 10.1 Å². The fourth-order valence-electron chi connectivity index (χ4n) is 2.28. The number of benzene rings is 1. The molecule has 9 heteroatoms. The molecule has 2 rings (SSSR count). The second kappa shape index (κ2) is 8.24. The summed E-state index contributed by atoms with van der Waals surface area (Å²) < 4.78 is 15.1. The highest BCUT2D eigenvalue weighted by Gasteiger charge is 2.14. The molecule has 3 amide bonds. The third kappa shape index (κ3) is 4.65. The van der Waals surface area contributed by atoms with E-state index in [9.17, 15) is 18.8 Å². The molecular formula is C17H20FN5O3. The molecule has 0 fully saturated rings. The zero-order valence-corrected chi connectivity index (χ0v) is 14.7. The van der Waals surface area contributed by atoms with Gasteiger partial charge in [-0.05, 0) is 26.0 Å². The predicted molar refractivity (Wildman–Crippen MR) is 93.1 cm³/mol. The maximum Gasteiger partial charge on any atom is 0.254 e. The number of halogens is 1. The number of hydrogen-bond donors (Lipinski definition) is 3. The molecule has 0 unspecified atom stereocenters. The number of hydrogen-bond acceptors (Lipinski definition) is 4. The van der Waals surface area contributed by atoms with Crippen LogP contribution in [0.15, 0.2) is 24.3 Å². The second-order valence-electron chi connectivity index (χ2n) is 5.66. The summed E-state index contributed by atoms with van der Waals surface area (Å²) in [7, 11) is 1.76. The molecule has 1 aromatic heterocycles. The van der Waals surface area contributed by atoms with E-state index in [2.05, 4.69) is 21.0 Å². The van der Waals surface area contributed by atoms with Crippen LogP contribution in [0, 0.1) is 19.7 Å². The highest BCUT2D eigenvalue weighted by Crippen LogP contribution is 2.17. The topological polar surface area (TPSA) is 105 Å². The lowest BCUT2D eigenvalue weighted by Gasteiger charge is -2.08. The number of nitrogens with zero attached hydrogens (tertiary/aromatic N) is 2. The highest BCUT2D eigenvalue weighted by atomic mass is 19.1. The first kappa shape index (κ1) is 19.1. The average Bonchev–Trinajstić information content (AvgIpc) is 2.84. The molecule has 138 valence electrons. The fraction of sp³-hybridized carbons (Fsp3) is 0.294. The first-order chi connectivity index (χ1) is 12.3. The number of anilines is 1. The van der Waals surface area contributed by atoms with Gasteiger partial charge in [-0.2, -0.15) is 5.10 Å². The third-order valence-electron chi connectivity index (χ3n) is 3.75. The van der Waals surface area contributed by atoms with Crippen LogP contribution in [0.25, 0.3) is 0 Å². The number of rotatable bonds is 6. The lowest BCUT2D eigenvalue weighted by atomic mass is 10.2. The second-order valence-corrected chi connectivity index (χ2v) is 5.66. The SMILES string of the molecule is Cc1nn(C)c(C)c1NC(=O)CNC(=O)CNC(=O)c1ccccc1F. The number of carbonyl (C=O) groups is 3. The van der Waals surface area contributed by atoms with Gasteiger partial charge in [0, 0.05) is 7.05 Å². The van der Waals surface area contributed by atoms with Gasteiger partial charge in [0.25, 0.3) is 5.91 Å². The Morgan fingerprint density at radius 3 is 2.35 bits per heavy atom. The molecule has 0 saturated heterocycles. The van der Waals surface area contributed by atoms with Crippen molar-refractivity contribution in [2.75, 3.05) is 18.4 Å². The Morgan fingerprint density at radius 1 is 1.08 bits per heavy atom. The van der Waals surface area contributed by atoms with Gasteiger partial charge < -0.3 is 16.0 Å². The molecule has 0 aliphatic rings. The summed E-state index contributed by atoms with van der Waals surface area (Å²) in [5, 5.41) is 11.5. The number of aromatic nitrogens is 2. The minimum Gasteiger partial charge on any atom is -0.345 e. The van der Waals surface area contributed by atoms with Crippen molar-refractivity contribution in [1.82, 2.24) is 20.4 Å². The van der Waals surface area contributed by atoms with E-state index in [1.54, 1.807) is 18.7 Å². The van der Waals surface area contributed by atoms with E-state index >= 15 is 0 Å². The van der Waals surface area contributed by atoms with Crippen LogP contribution in [0.3, 0.4) is 0 Å². The largest absolute Gasteiger partial charge is 0.345 e. The van der Waals surface area contributed by atoms with Crippen molar-refractivity contribution in [3.8, 4) is 0 Å². The monoisotopic (exact) mass is 361 g/mol. The maximum atomic E-state index is 13.5. The van der Waals surface area contributed by atoms with E-state index in [1.165, 1.54) is 18.2 Å². The van der Waals surface area contributed by atoms with Crippen LogP contribution < -0.4 is 16.0 Å². The average molecular weight is 361 g/mol. The molecule has 0 bridgehead atoms. The molecule has 1 heterocycles. The van der Waals surface area contributed by atoms with Crippen LogP contribution >= 0.6 is 0 Å². The molecular weight excluding hydrogens is 341 g/mol. The van der Waals surface area contributed by atoms with Crippen molar-refractivity contribution in [3.05, 3.63) is 47.0 Å². The van der Waals surface area contributed by atoms with E-state index in [0.29, 0.717) is 11.4 Å². The minimum atomic E-state index is -0.704. The molecule has 2 aromatic rings. The normalized spacial score (nSPS) is 10.3. The fourth-order valence-corrected chi connectivity index (χ4v) is 2.28. The van der Waals surface area contributed by atoms with E-state index in [-0.39, 0.29) is 18.7 Å². The third-order valence-corrected chi connectivity index (χ3v) is 3.75. The van der Waals surface area contributed by atoms with Crippen LogP contribution in [0.1, 0.15) is 21.7 Å². The Morgan fingerprint density at radius 2 is 1.73 bits per heavy atom. The van der Waals surface area contributed by atoms with Crippen molar-refractivity contribution in [3.63, 3.8) is 0 Å². The zero-order valence-electron chi connectivity index (χ0n) is 14.7. The molecule has 0 aliphatic heterocycles. The number of amides is 3. The molecule has 8 nitrogen and oxygen atoms in total. The van der Waals surface area contributed by atoms with Crippen molar-refractivity contribution < 1.29 is 18.8 Å². The van der Waals surface area contributed by atoms with E-state index in [1.807, 2.05) is 6.92 Å². The standard InChI is InChI=1S/C17H20FN5O3/c1-10-16(11(2)23(3)22-10)21-15(25)9-19-14(24)8-20-17(26)12-6-4-5-7-13(12)18/h4-7H,8-9H2,1-3H3,(H,19,24)(H,20,26)(H,21,25). The van der Waals surface area contributed by atoms with Gasteiger partial charge in [0.05, 0.1) is 35.7 Å². The van der Waals surface area contributed by atoms with Gasteiger partial charge in [0.2, 0.25) is 11.8 Å². The van der Waals surface area contributed by atoms with Gasteiger partial charge in [0.1, 0.15) is 5.82 Å². The van der Waals surface area contributed by atoms with Gasteiger partial charge in [-0.25, -0.2) is 4.39 Å². The van der Waals surface area contributed by atoms with E-state index in [4.69, 9.17) is 0 Å². The summed E-state index contributed by atoms with van der Waals surface area (Å²) in [6.07, 6.45) is 0. The Bertz CT molecular complexity index is 847. The summed E-state index contributed by atoms with van der Waals surface area (Å²) >= 11 is 0. The molecule has 3 N–H and O–H groups in total. The molecule has 0 radical (unpaired) electrons. The predicted octanol–water partition coefficient (Wildman–Crippen LogP) is 0.661. The Hall–Kier alpha value is -3.23. The summed E-state index contributed by atoms with van der Waals surface area (Å²) in [6.45, 7) is 2.94. The smallest absolute Gasteiger partial charge is 0.254 e.